The van der Waals surface area contributed by atoms with Crippen LogP contribution >= 0.6 is 0 Å². The van der Waals surface area contributed by atoms with E-state index in [9.17, 15) is 28.8 Å². The number of likely N-dealkylation sites (N-methyl/N-ethyl adjacent to an activating group) is 1. The first-order valence-electron chi connectivity index (χ1n) is 19.5. The van der Waals surface area contributed by atoms with Crippen molar-refractivity contribution >= 4 is 35.4 Å². The summed E-state index contributed by atoms with van der Waals surface area (Å²) in [4.78, 5) is 81.5. The van der Waals surface area contributed by atoms with Gasteiger partial charge in [0.15, 0.2) is 0 Å². The zero-order valence-corrected chi connectivity index (χ0v) is 34.7. The van der Waals surface area contributed by atoms with E-state index in [1.54, 1.807) is 61.5 Å². The van der Waals surface area contributed by atoms with Crippen LogP contribution in [0, 0.1) is 25.2 Å². The minimum atomic E-state index is -1.33. The Kier molecular flexibility index (Phi) is 18.9. The topological polar surface area (TPSA) is 286 Å². The lowest BCUT2D eigenvalue weighted by Crippen LogP contribution is -2.55. The van der Waals surface area contributed by atoms with E-state index < -0.39 is 66.7 Å². The zero-order valence-electron chi connectivity index (χ0n) is 34.7. The number of fused-ring (bicyclic) bond motifs is 5. The summed E-state index contributed by atoms with van der Waals surface area (Å²) in [6, 6.07) is 13.4. The summed E-state index contributed by atoms with van der Waals surface area (Å²) in [5.74, 6) is -3.09. The lowest BCUT2D eigenvalue weighted by atomic mass is 9.93. The third-order valence-corrected chi connectivity index (χ3v) is 9.07. The number of nitrogens with zero attached hydrogens (tertiary/aromatic N) is 2. The molecule has 1 aliphatic rings. The molecule has 3 aromatic carbocycles. The van der Waals surface area contributed by atoms with Gasteiger partial charge in [-0.25, -0.2) is 0 Å². The van der Waals surface area contributed by atoms with Crippen LogP contribution in [0.25, 0.3) is 11.1 Å². The van der Waals surface area contributed by atoms with Gasteiger partial charge in [0.05, 0.1) is 19.2 Å². The molecule has 0 radical (unpaired) electrons. The number of benzene rings is 3. The first-order valence-corrected chi connectivity index (χ1v) is 19.5. The highest BCUT2D eigenvalue weighted by Crippen LogP contribution is 2.40. The van der Waals surface area contributed by atoms with Gasteiger partial charge < -0.3 is 58.2 Å². The van der Waals surface area contributed by atoms with E-state index in [4.69, 9.17) is 31.9 Å². The molecule has 0 saturated carbocycles. The van der Waals surface area contributed by atoms with Gasteiger partial charge in [0.2, 0.25) is 29.5 Å². The van der Waals surface area contributed by atoms with Crippen LogP contribution in [-0.2, 0) is 30.4 Å². The van der Waals surface area contributed by atoms with E-state index in [1.807, 2.05) is 19.9 Å². The fourth-order valence-electron chi connectivity index (χ4n) is 6.16. The van der Waals surface area contributed by atoms with Gasteiger partial charge in [0.1, 0.15) is 49.4 Å². The van der Waals surface area contributed by atoms with Gasteiger partial charge in [-0.2, -0.15) is 5.26 Å². The Bertz CT molecular complexity index is 2050. The Morgan fingerprint density at radius 1 is 0.850 bits per heavy atom. The van der Waals surface area contributed by atoms with Gasteiger partial charge in [0, 0.05) is 43.2 Å². The maximum Gasteiger partial charge on any atom is 0.251 e. The maximum absolute atomic E-state index is 14.2. The number of hydrogen-bond donors (Lipinski definition) is 8. The number of rotatable bonds is 14. The predicted molar refractivity (Wildman–Crippen MR) is 224 cm³/mol. The number of amides is 6. The van der Waals surface area contributed by atoms with Gasteiger partial charge in [-0.05, 0) is 74.3 Å². The van der Waals surface area contributed by atoms with E-state index in [1.165, 1.54) is 18.9 Å². The van der Waals surface area contributed by atoms with Crippen LogP contribution < -0.4 is 53.3 Å². The maximum atomic E-state index is 14.2. The normalized spacial score (nSPS) is 15.9. The molecule has 18 heteroatoms. The van der Waals surface area contributed by atoms with Gasteiger partial charge in [0.25, 0.3) is 5.91 Å². The molecule has 4 rings (SSSR count). The molecule has 1 aliphatic heterocycles. The number of aryl methyl sites for hydroxylation is 2. The van der Waals surface area contributed by atoms with E-state index in [2.05, 4.69) is 26.6 Å². The highest BCUT2D eigenvalue weighted by atomic mass is 16.5. The van der Waals surface area contributed by atoms with Crippen molar-refractivity contribution < 1.29 is 38.2 Å². The van der Waals surface area contributed by atoms with Crippen LogP contribution in [0.5, 0.6) is 11.5 Å². The van der Waals surface area contributed by atoms with Crippen molar-refractivity contribution in [3.05, 3.63) is 82.4 Å². The van der Waals surface area contributed by atoms with Crippen molar-refractivity contribution in [2.75, 3.05) is 59.5 Å². The van der Waals surface area contributed by atoms with Gasteiger partial charge in [-0.3, -0.25) is 28.8 Å². The first kappa shape index (κ1) is 47.8. The SMILES string of the molecule is CCN.Cc1ccc(C(=O)NCC(=O)N(C)C2C(=O)N[C@@H](C)C(=O)NC(C(=O)NCC(=O)NCC#N)Cc3ccc(OCCN)c(c3)-c3cc2ccc3OCCN)c(C)c1. The Hall–Kier alpha value is -6.55. The molecule has 0 fully saturated rings. The molecule has 0 aromatic heterocycles. The smallest absolute Gasteiger partial charge is 0.251 e. The number of nitrogens with one attached hydrogen (secondary N) is 5. The average molecular weight is 829 g/mol. The van der Waals surface area contributed by atoms with Crippen molar-refractivity contribution in [1.29, 1.82) is 5.26 Å². The monoisotopic (exact) mass is 828 g/mol. The molecule has 11 N–H and O–H groups in total. The fourth-order valence-corrected chi connectivity index (χ4v) is 6.16. The summed E-state index contributed by atoms with van der Waals surface area (Å²) in [6.45, 7) is 7.28. The van der Waals surface area contributed by atoms with Crippen LogP contribution in [0.15, 0.2) is 54.6 Å². The Labute approximate surface area is 349 Å². The molecule has 1 heterocycles. The second kappa shape index (κ2) is 23.8. The van der Waals surface area contributed by atoms with Crippen LogP contribution in [0.3, 0.4) is 0 Å². The minimum Gasteiger partial charge on any atom is -0.492 e. The van der Waals surface area contributed by atoms with Crippen molar-refractivity contribution in [2.45, 2.75) is 52.2 Å². The van der Waals surface area contributed by atoms with E-state index in [-0.39, 0.29) is 39.3 Å². The van der Waals surface area contributed by atoms with E-state index >= 15 is 0 Å². The molecule has 2 unspecified atom stereocenters. The third kappa shape index (κ3) is 13.5. The molecule has 0 spiro atoms. The molecule has 60 heavy (non-hydrogen) atoms. The summed E-state index contributed by atoms with van der Waals surface area (Å²) in [5, 5.41) is 21.6. The molecule has 0 aliphatic carbocycles. The Balaban J connectivity index is 0.00000311. The van der Waals surface area contributed by atoms with Gasteiger partial charge >= 0.3 is 0 Å². The van der Waals surface area contributed by atoms with Crippen LogP contribution in [0.1, 0.15) is 52.5 Å². The number of nitriles is 1. The second-order valence-electron chi connectivity index (χ2n) is 13.8. The van der Waals surface area contributed by atoms with Crippen molar-refractivity contribution in [3.63, 3.8) is 0 Å². The second-order valence-corrected chi connectivity index (χ2v) is 13.8. The van der Waals surface area contributed by atoms with Crippen molar-refractivity contribution in [3.8, 4) is 28.7 Å². The van der Waals surface area contributed by atoms with Crippen LogP contribution in [0.4, 0.5) is 0 Å². The Morgan fingerprint density at radius 2 is 1.48 bits per heavy atom. The quantitative estimate of drug-likeness (QED) is 0.0985. The fraction of sp³-hybridized carbons (Fsp3) is 0.405. The zero-order chi connectivity index (χ0) is 44.4. The standard InChI is InChI=1S/C40H49N9O8.C2H7N/c1-23-5-8-28(24(2)17-23)38(53)46-22-35(51)49(4)36-27-7-10-33(57-16-13-43)30(20-27)29-18-26(6-9-32(29)56-15-12-42)19-31(48-37(52)25(3)47-40(36)55)39(54)45-21-34(50)44-14-11-41;1-2-3/h5-10,17-18,20,25,31,36H,12-16,19,21-22,42-43H2,1-4H3,(H,44,50)(H,45,54)(H,46,53)(H,47,55)(H,48,52);2-3H2,1H3/t25-,31?,36?;/m0./s1. The highest BCUT2D eigenvalue weighted by molar-refractivity contribution is 5.99. The molecule has 0 saturated heterocycles. The summed E-state index contributed by atoms with van der Waals surface area (Å²) in [5.41, 5.74) is 20.4. The number of hydrogen-bond acceptors (Lipinski definition) is 12. The lowest BCUT2D eigenvalue weighted by Gasteiger charge is -2.30. The predicted octanol–water partition coefficient (Wildman–Crippen LogP) is -0.158. The van der Waals surface area contributed by atoms with Crippen molar-refractivity contribution in [2.24, 2.45) is 17.2 Å². The minimum absolute atomic E-state index is 0.0470. The molecular formula is C42H56N10O8. The number of nitrogens with two attached hydrogens (primary N) is 3. The summed E-state index contributed by atoms with van der Waals surface area (Å²) >= 11 is 0. The molecule has 6 amide bonds. The van der Waals surface area contributed by atoms with Crippen LogP contribution in [-0.4, -0.2) is 112 Å². The molecule has 322 valence electrons. The average Bonchev–Trinajstić information content (AvgIpc) is 3.22. The number of carbonyl (C=O) groups is 6. The Morgan fingerprint density at radius 3 is 2.10 bits per heavy atom. The van der Waals surface area contributed by atoms with E-state index in [0.29, 0.717) is 39.3 Å². The number of carbonyl (C=O) groups excluding carboxylic acids is 6. The van der Waals surface area contributed by atoms with E-state index in [0.717, 1.165) is 17.7 Å². The highest BCUT2D eigenvalue weighted by Gasteiger charge is 2.33. The molecule has 3 atom stereocenters. The molecule has 4 bridgehead atoms. The van der Waals surface area contributed by atoms with Gasteiger partial charge in [-0.1, -0.05) is 36.8 Å². The molecular weight excluding hydrogens is 773 g/mol. The first-order chi connectivity index (χ1) is 28.7. The lowest BCUT2D eigenvalue weighted by molar-refractivity contribution is -0.139. The summed E-state index contributed by atoms with van der Waals surface area (Å²) < 4.78 is 12.1. The largest absolute Gasteiger partial charge is 0.492 e. The molecule has 3 aromatic rings. The molecule has 18 nitrogen and oxygen atoms in total. The van der Waals surface area contributed by atoms with Gasteiger partial charge in [-0.15, -0.1) is 0 Å². The van der Waals surface area contributed by atoms with Crippen LogP contribution in [0.2, 0.25) is 0 Å². The summed E-state index contributed by atoms with van der Waals surface area (Å²) in [7, 11) is 1.41. The van der Waals surface area contributed by atoms with Crippen molar-refractivity contribution in [1.82, 2.24) is 31.5 Å². The summed E-state index contributed by atoms with van der Waals surface area (Å²) in [6.07, 6.45) is -0.0470. The number of ether oxygens (including phenoxy) is 2. The third-order valence-electron chi connectivity index (χ3n) is 9.07.